The SMILES string of the molecule is C=CCN(CC=C)CC1(CO)CCCOC1. The Kier molecular flexibility index (Phi) is 5.74. The standard InChI is InChI=1S/C13H23NO2/c1-3-7-14(8-4-2)10-13(11-15)6-5-9-16-12-13/h3-4,15H,1-2,5-12H2. The first-order valence-corrected chi connectivity index (χ1v) is 5.89. The fourth-order valence-corrected chi connectivity index (χ4v) is 2.25. The number of hydrogen-bond donors (Lipinski definition) is 1. The largest absolute Gasteiger partial charge is 0.396 e. The third-order valence-corrected chi connectivity index (χ3v) is 3.07. The lowest BCUT2D eigenvalue weighted by Gasteiger charge is -2.39. The summed E-state index contributed by atoms with van der Waals surface area (Å²) in [4.78, 5) is 2.24. The van der Waals surface area contributed by atoms with Gasteiger partial charge in [0, 0.05) is 31.7 Å². The van der Waals surface area contributed by atoms with E-state index < -0.39 is 0 Å². The predicted molar refractivity (Wildman–Crippen MR) is 66.4 cm³/mol. The molecule has 0 spiro atoms. The second-order valence-corrected chi connectivity index (χ2v) is 4.59. The lowest BCUT2D eigenvalue weighted by atomic mass is 9.83. The van der Waals surface area contributed by atoms with Gasteiger partial charge in [0.25, 0.3) is 0 Å². The topological polar surface area (TPSA) is 32.7 Å². The molecule has 1 rings (SSSR count). The highest BCUT2D eigenvalue weighted by Crippen LogP contribution is 2.29. The molecule has 1 aliphatic rings. The van der Waals surface area contributed by atoms with Crippen LogP contribution in [0.2, 0.25) is 0 Å². The van der Waals surface area contributed by atoms with Crippen molar-refractivity contribution in [1.29, 1.82) is 0 Å². The second kappa shape index (κ2) is 6.84. The van der Waals surface area contributed by atoms with Gasteiger partial charge in [-0.1, -0.05) is 12.2 Å². The quantitative estimate of drug-likeness (QED) is 0.666. The molecule has 1 heterocycles. The summed E-state index contributed by atoms with van der Waals surface area (Å²) in [6, 6.07) is 0. The number of rotatable bonds is 7. The molecule has 0 amide bonds. The van der Waals surface area contributed by atoms with Crippen LogP contribution in [0.1, 0.15) is 12.8 Å². The first-order valence-electron chi connectivity index (χ1n) is 5.89. The smallest absolute Gasteiger partial charge is 0.0556 e. The van der Waals surface area contributed by atoms with Crippen LogP contribution in [-0.4, -0.2) is 49.5 Å². The van der Waals surface area contributed by atoms with E-state index in [0.29, 0.717) is 6.61 Å². The van der Waals surface area contributed by atoms with Gasteiger partial charge in [0.15, 0.2) is 0 Å². The van der Waals surface area contributed by atoms with Crippen molar-refractivity contribution in [3.63, 3.8) is 0 Å². The Morgan fingerprint density at radius 3 is 2.44 bits per heavy atom. The van der Waals surface area contributed by atoms with E-state index in [0.717, 1.165) is 39.1 Å². The number of hydrogen-bond acceptors (Lipinski definition) is 3. The normalized spacial score (nSPS) is 25.6. The maximum Gasteiger partial charge on any atom is 0.0556 e. The summed E-state index contributed by atoms with van der Waals surface area (Å²) in [6.45, 7) is 11.7. The number of ether oxygens (including phenoxy) is 1. The first-order chi connectivity index (χ1) is 7.76. The first kappa shape index (κ1) is 13.4. The molecule has 0 aromatic rings. The summed E-state index contributed by atoms with van der Waals surface area (Å²) < 4.78 is 5.50. The Hall–Kier alpha value is -0.640. The molecule has 1 saturated heterocycles. The van der Waals surface area contributed by atoms with Crippen molar-refractivity contribution in [2.24, 2.45) is 5.41 Å². The maximum atomic E-state index is 9.57. The highest BCUT2D eigenvalue weighted by molar-refractivity contribution is 4.88. The monoisotopic (exact) mass is 225 g/mol. The van der Waals surface area contributed by atoms with Gasteiger partial charge < -0.3 is 9.84 Å². The van der Waals surface area contributed by atoms with Crippen molar-refractivity contribution >= 4 is 0 Å². The van der Waals surface area contributed by atoms with Crippen LogP contribution in [0.3, 0.4) is 0 Å². The summed E-state index contributed by atoms with van der Waals surface area (Å²) in [5, 5.41) is 9.57. The van der Waals surface area contributed by atoms with Gasteiger partial charge in [-0.05, 0) is 12.8 Å². The van der Waals surface area contributed by atoms with Gasteiger partial charge in [0.2, 0.25) is 0 Å². The van der Waals surface area contributed by atoms with Gasteiger partial charge in [-0.15, -0.1) is 13.2 Å². The van der Waals surface area contributed by atoms with Gasteiger partial charge in [-0.3, -0.25) is 4.90 Å². The fourth-order valence-electron chi connectivity index (χ4n) is 2.25. The van der Waals surface area contributed by atoms with Crippen LogP contribution in [0.25, 0.3) is 0 Å². The van der Waals surface area contributed by atoms with Crippen LogP contribution >= 0.6 is 0 Å². The van der Waals surface area contributed by atoms with E-state index in [-0.39, 0.29) is 12.0 Å². The number of aliphatic hydroxyl groups is 1. The lowest BCUT2D eigenvalue weighted by molar-refractivity contribution is -0.0526. The predicted octanol–water partition coefficient (Wildman–Crippen LogP) is 1.45. The summed E-state index contributed by atoms with van der Waals surface area (Å²) in [6.07, 6.45) is 5.85. The zero-order chi connectivity index (χ0) is 11.9. The van der Waals surface area contributed by atoms with Crippen LogP contribution in [0.15, 0.2) is 25.3 Å². The second-order valence-electron chi connectivity index (χ2n) is 4.59. The van der Waals surface area contributed by atoms with Crippen LogP contribution in [0, 0.1) is 5.41 Å². The molecule has 1 atom stereocenters. The number of aliphatic hydroxyl groups excluding tert-OH is 1. The molecule has 1 aliphatic heterocycles. The minimum Gasteiger partial charge on any atom is -0.396 e. The molecule has 1 fully saturated rings. The molecule has 3 heteroatoms. The molecule has 0 saturated carbocycles. The van der Waals surface area contributed by atoms with Crippen LogP contribution in [0.5, 0.6) is 0 Å². The molecule has 3 nitrogen and oxygen atoms in total. The molecule has 0 bridgehead atoms. The van der Waals surface area contributed by atoms with Gasteiger partial charge >= 0.3 is 0 Å². The van der Waals surface area contributed by atoms with Gasteiger partial charge in [-0.25, -0.2) is 0 Å². The molecule has 16 heavy (non-hydrogen) atoms. The zero-order valence-electron chi connectivity index (χ0n) is 10.0. The van der Waals surface area contributed by atoms with Crippen molar-refractivity contribution in [3.05, 3.63) is 25.3 Å². The molecule has 92 valence electrons. The Labute approximate surface area is 98.4 Å². The van der Waals surface area contributed by atoms with Gasteiger partial charge in [-0.2, -0.15) is 0 Å². The molecular formula is C13H23NO2. The number of nitrogens with zero attached hydrogens (tertiary/aromatic N) is 1. The van der Waals surface area contributed by atoms with E-state index in [1.165, 1.54) is 0 Å². The Morgan fingerprint density at radius 1 is 1.31 bits per heavy atom. The lowest BCUT2D eigenvalue weighted by Crippen LogP contribution is -2.45. The van der Waals surface area contributed by atoms with E-state index in [2.05, 4.69) is 18.1 Å². The Bertz CT molecular complexity index is 212. The molecular weight excluding hydrogens is 202 g/mol. The Morgan fingerprint density at radius 2 is 2.00 bits per heavy atom. The minimum absolute atomic E-state index is 0.0930. The van der Waals surface area contributed by atoms with Gasteiger partial charge in [0.05, 0.1) is 13.2 Å². The van der Waals surface area contributed by atoms with Crippen molar-refractivity contribution < 1.29 is 9.84 Å². The molecule has 0 aliphatic carbocycles. The van der Waals surface area contributed by atoms with E-state index in [1.807, 2.05) is 12.2 Å². The minimum atomic E-state index is -0.0930. The maximum absolute atomic E-state index is 9.57. The molecule has 0 aromatic carbocycles. The summed E-state index contributed by atoms with van der Waals surface area (Å²) in [5.41, 5.74) is -0.0930. The third-order valence-electron chi connectivity index (χ3n) is 3.07. The highest BCUT2D eigenvalue weighted by Gasteiger charge is 2.33. The van der Waals surface area contributed by atoms with Crippen molar-refractivity contribution in [1.82, 2.24) is 4.90 Å². The molecule has 0 aromatic heterocycles. The molecule has 1 N–H and O–H groups in total. The Balaban J connectivity index is 2.56. The zero-order valence-corrected chi connectivity index (χ0v) is 10.0. The van der Waals surface area contributed by atoms with Gasteiger partial charge in [0.1, 0.15) is 0 Å². The molecule has 0 radical (unpaired) electrons. The highest BCUT2D eigenvalue weighted by atomic mass is 16.5. The van der Waals surface area contributed by atoms with E-state index in [9.17, 15) is 5.11 Å². The third kappa shape index (κ3) is 3.74. The average molecular weight is 225 g/mol. The molecule has 1 unspecified atom stereocenters. The van der Waals surface area contributed by atoms with Crippen molar-refractivity contribution in [2.75, 3.05) is 39.5 Å². The summed E-state index contributed by atoms with van der Waals surface area (Å²) in [5.74, 6) is 0. The average Bonchev–Trinajstić information content (AvgIpc) is 2.31. The van der Waals surface area contributed by atoms with E-state index >= 15 is 0 Å². The fraction of sp³-hybridized carbons (Fsp3) is 0.692. The van der Waals surface area contributed by atoms with E-state index in [1.54, 1.807) is 0 Å². The van der Waals surface area contributed by atoms with Crippen molar-refractivity contribution in [3.8, 4) is 0 Å². The van der Waals surface area contributed by atoms with E-state index in [4.69, 9.17) is 4.74 Å². The summed E-state index contributed by atoms with van der Waals surface area (Å²) >= 11 is 0. The van der Waals surface area contributed by atoms with Crippen molar-refractivity contribution in [2.45, 2.75) is 12.8 Å². The van der Waals surface area contributed by atoms with Crippen LogP contribution < -0.4 is 0 Å². The van der Waals surface area contributed by atoms with Crippen LogP contribution in [0.4, 0.5) is 0 Å². The van der Waals surface area contributed by atoms with Crippen LogP contribution in [-0.2, 0) is 4.74 Å². The summed E-state index contributed by atoms with van der Waals surface area (Å²) in [7, 11) is 0.